The minimum absolute atomic E-state index is 0.0225. The number of hydrogen-bond donors (Lipinski definition) is 2. The van der Waals surface area contributed by atoms with E-state index in [0.717, 1.165) is 38.5 Å². The van der Waals surface area contributed by atoms with Crippen molar-refractivity contribution >= 4 is 11.6 Å². The van der Waals surface area contributed by atoms with Crippen LogP contribution in [0.5, 0.6) is 0 Å². The van der Waals surface area contributed by atoms with Crippen LogP contribution in [0.4, 0.5) is 0 Å². The summed E-state index contributed by atoms with van der Waals surface area (Å²) in [5, 5.41) is 22.2. The van der Waals surface area contributed by atoms with E-state index in [2.05, 4.69) is 26.8 Å². The van der Waals surface area contributed by atoms with Crippen LogP contribution in [0.15, 0.2) is 23.8 Å². The molecule has 0 unspecified atom stereocenters. The van der Waals surface area contributed by atoms with Crippen LogP contribution in [0.25, 0.3) is 0 Å². The van der Waals surface area contributed by atoms with Crippen LogP contribution in [0.3, 0.4) is 0 Å². The molecule has 4 aliphatic carbocycles. The van der Waals surface area contributed by atoms with Crippen LogP contribution in [-0.2, 0) is 9.59 Å². The number of allylic oxidation sites excluding steroid dienone is 4. The third kappa shape index (κ3) is 3.58. The SMILES string of the molecule is CC(C)CCC[C@](C)(O)[C@H]1C(=O)C[C@H]2[C@@H]3CCC4=CC(=O)C=C[C@]4(C)[C@H]3CC[C@@]21CO. The Morgan fingerprint density at radius 2 is 1.97 bits per heavy atom. The van der Waals surface area contributed by atoms with E-state index in [1.54, 1.807) is 6.08 Å². The summed E-state index contributed by atoms with van der Waals surface area (Å²) in [4.78, 5) is 25.3. The van der Waals surface area contributed by atoms with Crippen molar-refractivity contribution in [2.24, 2.45) is 40.4 Å². The monoisotopic (exact) mass is 428 g/mol. The van der Waals surface area contributed by atoms with Gasteiger partial charge in [0, 0.05) is 23.9 Å². The van der Waals surface area contributed by atoms with Crippen molar-refractivity contribution in [1.82, 2.24) is 0 Å². The highest BCUT2D eigenvalue weighted by Crippen LogP contribution is 2.66. The first kappa shape index (κ1) is 22.9. The fourth-order valence-electron chi connectivity index (χ4n) is 8.07. The quantitative estimate of drug-likeness (QED) is 0.646. The minimum Gasteiger partial charge on any atom is -0.396 e. The van der Waals surface area contributed by atoms with E-state index < -0.39 is 16.9 Å². The maximum atomic E-state index is 13.4. The number of aliphatic hydroxyl groups is 2. The molecule has 4 rings (SSSR count). The van der Waals surface area contributed by atoms with Crippen LogP contribution >= 0.6 is 0 Å². The van der Waals surface area contributed by atoms with Gasteiger partial charge in [0.15, 0.2) is 5.78 Å². The predicted molar refractivity (Wildman–Crippen MR) is 121 cm³/mol. The number of rotatable bonds is 6. The fourth-order valence-corrected chi connectivity index (χ4v) is 8.07. The molecule has 0 aromatic carbocycles. The number of Topliss-reactive ketones (excluding diaryl/α,β-unsaturated/α-hetero) is 1. The number of hydrogen-bond acceptors (Lipinski definition) is 4. The summed E-state index contributed by atoms with van der Waals surface area (Å²) in [6.45, 7) is 8.43. The van der Waals surface area contributed by atoms with Crippen LogP contribution < -0.4 is 0 Å². The van der Waals surface area contributed by atoms with E-state index in [4.69, 9.17) is 0 Å². The molecule has 0 aromatic heterocycles. The summed E-state index contributed by atoms with van der Waals surface area (Å²) in [5.41, 5.74) is -0.471. The average Bonchev–Trinajstić information content (AvgIpc) is 3.01. The Kier molecular flexibility index (Phi) is 5.88. The van der Waals surface area contributed by atoms with E-state index in [1.807, 2.05) is 13.0 Å². The highest BCUT2D eigenvalue weighted by atomic mass is 16.3. The molecule has 2 N–H and O–H groups in total. The lowest BCUT2D eigenvalue weighted by Gasteiger charge is -2.58. The summed E-state index contributed by atoms with van der Waals surface area (Å²) in [6, 6.07) is 0. The smallest absolute Gasteiger partial charge is 0.178 e. The zero-order valence-corrected chi connectivity index (χ0v) is 19.7. The molecule has 0 heterocycles. The molecule has 4 aliphatic rings. The molecule has 0 bridgehead atoms. The zero-order valence-electron chi connectivity index (χ0n) is 19.7. The Hall–Kier alpha value is -1.26. The lowest BCUT2D eigenvalue weighted by molar-refractivity contribution is -0.148. The number of carbonyl (C=O) groups is 2. The second kappa shape index (κ2) is 7.95. The molecular formula is C27H40O4. The number of carbonyl (C=O) groups excluding carboxylic acids is 2. The first-order valence-electron chi connectivity index (χ1n) is 12.4. The molecule has 0 spiro atoms. The minimum atomic E-state index is -1.07. The summed E-state index contributed by atoms with van der Waals surface area (Å²) in [5.74, 6) is 1.19. The van der Waals surface area contributed by atoms with E-state index in [0.29, 0.717) is 30.6 Å². The molecule has 0 amide bonds. The van der Waals surface area contributed by atoms with Gasteiger partial charge in [-0.15, -0.1) is 0 Å². The largest absolute Gasteiger partial charge is 0.396 e. The van der Waals surface area contributed by atoms with Crippen molar-refractivity contribution < 1.29 is 19.8 Å². The fraction of sp³-hybridized carbons (Fsp3) is 0.778. The van der Waals surface area contributed by atoms with E-state index >= 15 is 0 Å². The van der Waals surface area contributed by atoms with Gasteiger partial charge in [-0.1, -0.05) is 45.3 Å². The van der Waals surface area contributed by atoms with Gasteiger partial charge >= 0.3 is 0 Å². The van der Waals surface area contributed by atoms with Gasteiger partial charge in [-0.05, 0) is 74.9 Å². The molecule has 7 atom stereocenters. The van der Waals surface area contributed by atoms with Gasteiger partial charge in [0.1, 0.15) is 5.78 Å². The zero-order chi connectivity index (χ0) is 22.6. The molecule has 3 fully saturated rings. The number of aliphatic hydroxyl groups excluding tert-OH is 1. The molecule has 31 heavy (non-hydrogen) atoms. The topological polar surface area (TPSA) is 74.6 Å². The maximum absolute atomic E-state index is 13.4. The Morgan fingerprint density at radius 3 is 2.65 bits per heavy atom. The average molecular weight is 429 g/mol. The van der Waals surface area contributed by atoms with Gasteiger partial charge in [-0.25, -0.2) is 0 Å². The van der Waals surface area contributed by atoms with Crippen molar-refractivity contribution in [3.63, 3.8) is 0 Å². The van der Waals surface area contributed by atoms with E-state index in [1.165, 1.54) is 5.57 Å². The van der Waals surface area contributed by atoms with Crippen molar-refractivity contribution in [3.05, 3.63) is 23.8 Å². The Labute approximate surface area is 187 Å². The van der Waals surface area contributed by atoms with Crippen molar-refractivity contribution in [1.29, 1.82) is 0 Å². The van der Waals surface area contributed by atoms with Crippen LogP contribution in [0.1, 0.15) is 79.1 Å². The summed E-state index contributed by atoms with van der Waals surface area (Å²) >= 11 is 0. The van der Waals surface area contributed by atoms with Gasteiger partial charge in [0.05, 0.1) is 11.5 Å². The lowest BCUT2D eigenvalue weighted by atomic mass is 9.46. The molecular weight excluding hydrogens is 388 g/mol. The highest BCUT2D eigenvalue weighted by molar-refractivity contribution is 6.01. The molecule has 0 saturated heterocycles. The van der Waals surface area contributed by atoms with Crippen LogP contribution in [0, 0.1) is 40.4 Å². The Balaban J connectivity index is 1.63. The van der Waals surface area contributed by atoms with Gasteiger partial charge in [0.25, 0.3) is 0 Å². The number of fused-ring (bicyclic) bond motifs is 5. The Morgan fingerprint density at radius 1 is 1.23 bits per heavy atom. The standard InChI is InChI=1S/C27H40O4/c1-17(2)6-5-11-26(4,31)24-23(30)15-22-20-8-7-18-14-19(29)9-12-25(18,3)21(20)10-13-27(22,24)16-28/h9,12,14,17,20-22,24,28,31H,5-8,10-11,13,15-16H2,1-4H3/t20-,21+,22+,24-,25+,26+,27-/m1/s1. The normalized spacial score (nSPS) is 41.5. The predicted octanol–water partition coefficient (Wildman–Crippen LogP) is 4.64. The highest BCUT2D eigenvalue weighted by Gasteiger charge is 2.65. The summed E-state index contributed by atoms with van der Waals surface area (Å²) in [6.07, 6.45) is 12.2. The third-order valence-corrected chi connectivity index (χ3v) is 9.51. The molecule has 3 saturated carbocycles. The summed E-state index contributed by atoms with van der Waals surface area (Å²) in [7, 11) is 0. The maximum Gasteiger partial charge on any atom is 0.178 e. The molecule has 172 valence electrons. The van der Waals surface area contributed by atoms with E-state index in [-0.39, 0.29) is 29.5 Å². The van der Waals surface area contributed by atoms with Crippen molar-refractivity contribution in [2.45, 2.75) is 84.7 Å². The molecule has 4 nitrogen and oxygen atoms in total. The summed E-state index contributed by atoms with van der Waals surface area (Å²) < 4.78 is 0. The molecule has 0 aromatic rings. The van der Waals surface area contributed by atoms with Crippen LogP contribution in [0.2, 0.25) is 0 Å². The first-order valence-corrected chi connectivity index (χ1v) is 12.4. The third-order valence-electron chi connectivity index (χ3n) is 9.51. The van der Waals surface area contributed by atoms with Crippen molar-refractivity contribution in [2.75, 3.05) is 6.61 Å². The van der Waals surface area contributed by atoms with Gasteiger partial charge in [-0.2, -0.15) is 0 Å². The Bertz CT molecular complexity index is 806. The van der Waals surface area contributed by atoms with Gasteiger partial charge < -0.3 is 10.2 Å². The second-order valence-corrected chi connectivity index (χ2v) is 11.8. The molecule has 0 radical (unpaired) electrons. The lowest BCUT2D eigenvalue weighted by Crippen LogP contribution is -2.55. The molecule has 4 heteroatoms. The van der Waals surface area contributed by atoms with E-state index in [9.17, 15) is 19.8 Å². The second-order valence-electron chi connectivity index (χ2n) is 11.8. The number of ketones is 2. The molecule has 0 aliphatic heterocycles. The van der Waals surface area contributed by atoms with Gasteiger partial charge in [-0.3, -0.25) is 9.59 Å². The van der Waals surface area contributed by atoms with Crippen LogP contribution in [-0.4, -0.2) is 34.0 Å². The first-order chi connectivity index (χ1) is 14.5. The van der Waals surface area contributed by atoms with Crippen molar-refractivity contribution in [3.8, 4) is 0 Å². The van der Waals surface area contributed by atoms with Gasteiger partial charge in [0.2, 0.25) is 0 Å².